The molecule has 158 valence electrons. The highest BCUT2D eigenvalue weighted by Crippen LogP contribution is 2.24. The lowest BCUT2D eigenvalue weighted by atomic mass is 10.1. The topological polar surface area (TPSA) is 101 Å². The zero-order valence-corrected chi connectivity index (χ0v) is 18.3. The summed E-state index contributed by atoms with van der Waals surface area (Å²) in [7, 11) is -4.06. The van der Waals surface area contributed by atoms with Gasteiger partial charge in [0.2, 0.25) is 15.9 Å². The van der Waals surface area contributed by atoms with Gasteiger partial charge in [0.05, 0.1) is 11.7 Å². The normalized spacial score (nSPS) is 12.5. The van der Waals surface area contributed by atoms with E-state index in [1.54, 1.807) is 48.5 Å². The Kier molecular flexibility index (Phi) is 6.08. The molecule has 0 aliphatic carbocycles. The molecule has 0 saturated carbocycles. The van der Waals surface area contributed by atoms with E-state index in [4.69, 9.17) is 0 Å². The average Bonchev–Trinajstić information content (AvgIpc) is 3.27. The van der Waals surface area contributed by atoms with E-state index in [-0.39, 0.29) is 10.4 Å². The Morgan fingerprint density at radius 3 is 2.55 bits per heavy atom. The predicted molar refractivity (Wildman–Crippen MR) is 121 cm³/mol. The molecular formula is C22H20N4O3S2. The molecule has 0 spiro atoms. The number of anilines is 1. The Balaban J connectivity index is 1.68. The van der Waals surface area contributed by atoms with Crippen LogP contribution in [0.5, 0.6) is 0 Å². The van der Waals surface area contributed by atoms with Gasteiger partial charge in [-0.2, -0.15) is 13.5 Å². The summed E-state index contributed by atoms with van der Waals surface area (Å²) in [6.07, 6.45) is 0.824. The Morgan fingerprint density at radius 2 is 1.77 bits per heavy atom. The number of fused-ring (bicyclic) bond motifs is 1. The average molecular weight is 453 g/mol. The summed E-state index contributed by atoms with van der Waals surface area (Å²) in [6.45, 7) is 2.02. The molecule has 1 aromatic heterocycles. The van der Waals surface area contributed by atoms with E-state index in [0.717, 1.165) is 23.7 Å². The van der Waals surface area contributed by atoms with Crippen molar-refractivity contribution in [2.24, 2.45) is 0 Å². The van der Waals surface area contributed by atoms with Crippen LogP contribution in [0.2, 0.25) is 0 Å². The molecule has 0 aliphatic heterocycles. The Labute approximate surface area is 184 Å². The number of hydrogen-bond donors (Lipinski definition) is 2. The molecule has 0 bridgehead atoms. The first kappa shape index (κ1) is 21.1. The van der Waals surface area contributed by atoms with Gasteiger partial charge in [-0.1, -0.05) is 55.5 Å². The van der Waals surface area contributed by atoms with Crippen LogP contribution in [0.15, 0.2) is 77.7 Å². The minimum absolute atomic E-state index is 0.0135. The number of aromatic nitrogens is 2. The fraction of sp³-hybridized carbons (Fsp3) is 0.136. The predicted octanol–water partition coefficient (Wildman–Crippen LogP) is 3.91. The van der Waals surface area contributed by atoms with Crippen molar-refractivity contribution in [2.75, 3.05) is 5.32 Å². The largest absolute Gasteiger partial charge is 0.324 e. The zero-order valence-electron chi connectivity index (χ0n) is 16.6. The monoisotopic (exact) mass is 452 g/mol. The highest BCUT2D eigenvalue weighted by molar-refractivity contribution is 7.89. The molecule has 1 amide bonds. The first-order chi connectivity index (χ1) is 15.0. The molecule has 0 aliphatic rings. The Hall–Kier alpha value is -3.14. The second kappa shape index (κ2) is 8.93. The summed E-state index contributed by atoms with van der Waals surface area (Å²) in [5.41, 5.74) is 2.97. The molecular weight excluding hydrogens is 432 g/mol. The first-order valence-corrected chi connectivity index (χ1v) is 11.9. The van der Waals surface area contributed by atoms with E-state index in [0.29, 0.717) is 16.8 Å². The van der Waals surface area contributed by atoms with Gasteiger partial charge in [-0.25, -0.2) is 8.42 Å². The second-order valence-corrected chi connectivity index (χ2v) is 9.11. The number of benzene rings is 3. The maximum absolute atomic E-state index is 13.2. The van der Waals surface area contributed by atoms with Crippen LogP contribution in [0, 0.1) is 0 Å². The van der Waals surface area contributed by atoms with E-state index >= 15 is 0 Å². The van der Waals surface area contributed by atoms with Gasteiger partial charge in [0.15, 0.2) is 0 Å². The lowest BCUT2D eigenvalue weighted by molar-refractivity contribution is -0.117. The third-order valence-electron chi connectivity index (χ3n) is 4.81. The van der Waals surface area contributed by atoms with Crippen LogP contribution < -0.4 is 10.0 Å². The van der Waals surface area contributed by atoms with Crippen molar-refractivity contribution in [1.82, 2.24) is 13.5 Å². The maximum Gasteiger partial charge on any atom is 0.247 e. The van der Waals surface area contributed by atoms with Crippen LogP contribution >= 0.6 is 11.7 Å². The van der Waals surface area contributed by atoms with Crippen LogP contribution in [-0.4, -0.2) is 23.1 Å². The molecule has 7 nitrogen and oxygen atoms in total. The van der Waals surface area contributed by atoms with Crippen LogP contribution in [0.4, 0.5) is 5.69 Å². The van der Waals surface area contributed by atoms with Gasteiger partial charge < -0.3 is 5.32 Å². The number of carbonyl (C=O) groups excluding carboxylic acids is 1. The SMILES string of the molecule is CCc1cccc(NC(=O)C(NS(=O)(=O)c2cccc3nsnc23)c2ccccc2)c1. The van der Waals surface area contributed by atoms with Crippen molar-refractivity contribution in [3.8, 4) is 0 Å². The van der Waals surface area contributed by atoms with Gasteiger partial charge in [-0.3, -0.25) is 4.79 Å². The minimum Gasteiger partial charge on any atom is -0.324 e. The highest BCUT2D eigenvalue weighted by Gasteiger charge is 2.29. The summed E-state index contributed by atoms with van der Waals surface area (Å²) < 4.78 is 37.2. The zero-order chi connectivity index (χ0) is 21.8. The molecule has 4 aromatic rings. The van der Waals surface area contributed by atoms with Crippen LogP contribution in [0.3, 0.4) is 0 Å². The van der Waals surface area contributed by atoms with E-state index in [2.05, 4.69) is 18.8 Å². The second-order valence-electron chi connectivity index (χ2n) is 6.90. The van der Waals surface area contributed by atoms with Crippen molar-refractivity contribution < 1.29 is 13.2 Å². The van der Waals surface area contributed by atoms with Gasteiger partial charge in [0, 0.05) is 5.69 Å². The van der Waals surface area contributed by atoms with Crippen molar-refractivity contribution in [3.63, 3.8) is 0 Å². The molecule has 3 aromatic carbocycles. The lowest BCUT2D eigenvalue weighted by Gasteiger charge is -2.19. The summed E-state index contributed by atoms with van der Waals surface area (Å²) in [5, 5.41) is 2.83. The smallest absolute Gasteiger partial charge is 0.247 e. The molecule has 31 heavy (non-hydrogen) atoms. The van der Waals surface area contributed by atoms with Gasteiger partial charge >= 0.3 is 0 Å². The Morgan fingerprint density at radius 1 is 1.00 bits per heavy atom. The van der Waals surface area contributed by atoms with Gasteiger partial charge in [-0.15, -0.1) is 0 Å². The number of nitrogens with zero attached hydrogens (tertiary/aromatic N) is 2. The van der Waals surface area contributed by atoms with E-state index in [1.807, 2.05) is 25.1 Å². The number of aryl methyl sites for hydroxylation is 1. The quantitative estimate of drug-likeness (QED) is 0.443. The van der Waals surface area contributed by atoms with Crippen molar-refractivity contribution in [2.45, 2.75) is 24.3 Å². The van der Waals surface area contributed by atoms with Gasteiger partial charge in [-0.05, 0) is 41.8 Å². The molecule has 1 atom stereocenters. The minimum atomic E-state index is -4.06. The number of amides is 1. The van der Waals surface area contributed by atoms with Crippen LogP contribution in [0.25, 0.3) is 11.0 Å². The molecule has 9 heteroatoms. The number of nitrogens with one attached hydrogen (secondary N) is 2. The molecule has 1 heterocycles. The van der Waals surface area contributed by atoms with Crippen molar-refractivity contribution >= 4 is 44.4 Å². The van der Waals surface area contributed by atoms with Gasteiger partial charge in [0.25, 0.3) is 0 Å². The molecule has 0 fully saturated rings. The van der Waals surface area contributed by atoms with Gasteiger partial charge in [0.1, 0.15) is 22.0 Å². The standard InChI is InChI=1S/C22H20N4O3S2/c1-2-15-8-6-11-17(14-15)23-22(27)20(16-9-4-3-5-10-16)26-31(28,29)19-13-7-12-18-21(19)25-30-24-18/h3-14,20,26H,2H2,1H3,(H,23,27). The van der Waals surface area contributed by atoms with E-state index in [9.17, 15) is 13.2 Å². The summed E-state index contributed by atoms with van der Waals surface area (Å²) >= 11 is 0.938. The fourth-order valence-corrected chi connectivity index (χ4v) is 5.17. The van der Waals surface area contributed by atoms with Crippen molar-refractivity contribution in [3.05, 3.63) is 83.9 Å². The molecule has 1 unspecified atom stereocenters. The number of hydrogen-bond acceptors (Lipinski definition) is 6. The molecule has 4 rings (SSSR count). The first-order valence-electron chi connectivity index (χ1n) is 9.66. The number of sulfonamides is 1. The fourth-order valence-electron chi connectivity index (χ4n) is 3.22. The molecule has 0 radical (unpaired) electrons. The summed E-state index contributed by atoms with van der Waals surface area (Å²) in [5.74, 6) is -0.480. The van der Waals surface area contributed by atoms with E-state index in [1.165, 1.54) is 6.07 Å². The lowest BCUT2D eigenvalue weighted by Crippen LogP contribution is -2.37. The van der Waals surface area contributed by atoms with Crippen LogP contribution in [-0.2, 0) is 21.2 Å². The maximum atomic E-state index is 13.2. The number of rotatable bonds is 7. The summed E-state index contributed by atoms with van der Waals surface area (Å²) in [4.78, 5) is 13.2. The Bertz CT molecular complexity index is 1320. The van der Waals surface area contributed by atoms with Crippen molar-refractivity contribution in [1.29, 1.82) is 0 Å². The third kappa shape index (κ3) is 4.63. The highest BCUT2D eigenvalue weighted by atomic mass is 32.2. The molecule has 0 saturated heterocycles. The summed E-state index contributed by atoms with van der Waals surface area (Å²) in [6, 6.07) is 19.8. The number of carbonyl (C=O) groups is 1. The van der Waals surface area contributed by atoms with E-state index < -0.39 is 22.0 Å². The third-order valence-corrected chi connectivity index (χ3v) is 6.81. The molecule has 2 N–H and O–H groups in total. The van der Waals surface area contributed by atoms with Crippen LogP contribution in [0.1, 0.15) is 24.1 Å².